The first-order valence-electron chi connectivity index (χ1n) is 7.10. The normalized spacial score (nSPS) is 10.9. The Hall–Kier alpha value is -1.65. The van der Waals surface area contributed by atoms with Crippen LogP contribution in [0.3, 0.4) is 0 Å². The van der Waals surface area contributed by atoms with Crippen LogP contribution in [0.1, 0.15) is 20.3 Å². The van der Waals surface area contributed by atoms with Gasteiger partial charge in [-0.25, -0.2) is 9.97 Å². The lowest BCUT2D eigenvalue weighted by atomic mass is 10.1. The minimum Gasteiger partial charge on any atom is -0.379 e. The Labute approximate surface area is 130 Å². The monoisotopic (exact) mass is 305 g/mol. The van der Waals surface area contributed by atoms with Crippen LogP contribution < -0.4 is 5.32 Å². The van der Waals surface area contributed by atoms with Gasteiger partial charge in [-0.1, -0.05) is 30.3 Å². The van der Waals surface area contributed by atoms with Gasteiger partial charge in [-0.05, 0) is 31.9 Å². The minimum absolute atomic E-state index is 0.247. The van der Waals surface area contributed by atoms with Crippen LogP contribution in [0, 0.1) is 0 Å². The quantitative estimate of drug-likeness (QED) is 0.620. The largest absolute Gasteiger partial charge is 0.379 e. The number of nitrogens with one attached hydrogen (secondary N) is 1. The molecule has 21 heavy (non-hydrogen) atoms. The van der Waals surface area contributed by atoms with Gasteiger partial charge >= 0.3 is 0 Å². The highest BCUT2D eigenvalue weighted by molar-refractivity contribution is 6.28. The molecule has 0 saturated carbocycles. The van der Waals surface area contributed by atoms with E-state index in [9.17, 15) is 0 Å². The Balaban J connectivity index is 1.96. The van der Waals surface area contributed by atoms with Crippen LogP contribution in [0.4, 0.5) is 5.82 Å². The van der Waals surface area contributed by atoms with Crippen LogP contribution in [-0.2, 0) is 4.74 Å². The van der Waals surface area contributed by atoms with E-state index in [-0.39, 0.29) is 11.4 Å². The predicted molar refractivity (Wildman–Crippen MR) is 86.7 cm³/mol. The first-order chi connectivity index (χ1) is 10.1. The van der Waals surface area contributed by atoms with Crippen LogP contribution in [0.5, 0.6) is 0 Å². The maximum Gasteiger partial charge on any atom is 0.224 e. The van der Waals surface area contributed by atoms with E-state index in [2.05, 4.69) is 15.3 Å². The fraction of sp³-hybridized carbons (Fsp3) is 0.375. The maximum absolute atomic E-state index is 5.99. The Morgan fingerprint density at radius 1 is 1.19 bits per heavy atom. The van der Waals surface area contributed by atoms with Crippen molar-refractivity contribution < 1.29 is 4.74 Å². The molecular weight excluding hydrogens is 286 g/mol. The number of anilines is 1. The first-order valence-corrected chi connectivity index (χ1v) is 7.48. The number of ether oxygens (including phenoxy) is 1. The van der Waals surface area contributed by atoms with Crippen LogP contribution in [-0.4, -0.2) is 29.2 Å². The van der Waals surface area contributed by atoms with E-state index in [1.165, 1.54) is 0 Å². The third kappa shape index (κ3) is 5.33. The number of hydrogen-bond donors (Lipinski definition) is 1. The Kier molecular flexibility index (Phi) is 5.96. The summed E-state index contributed by atoms with van der Waals surface area (Å²) in [6, 6.07) is 11.8. The SMILES string of the molecule is CC(C)OCCCNc1cc(-c2ccccc2)nc(Cl)n1. The molecule has 5 heteroatoms. The third-order valence-corrected chi connectivity index (χ3v) is 3.02. The second kappa shape index (κ2) is 7.96. The summed E-state index contributed by atoms with van der Waals surface area (Å²) in [6.45, 7) is 5.58. The molecular formula is C16H20ClN3O. The second-order valence-corrected chi connectivity index (χ2v) is 5.31. The predicted octanol–water partition coefficient (Wildman–Crippen LogP) is 4.02. The summed E-state index contributed by atoms with van der Waals surface area (Å²) < 4.78 is 5.50. The fourth-order valence-corrected chi connectivity index (χ4v) is 2.05. The number of halogens is 1. The van der Waals surface area contributed by atoms with Crippen LogP contribution in [0.25, 0.3) is 11.3 Å². The van der Waals surface area contributed by atoms with Gasteiger partial charge < -0.3 is 10.1 Å². The molecule has 0 fully saturated rings. The topological polar surface area (TPSA) is 47.0 Å². The molecule has 1 aromatic heterocycles. The minimum atomic E-state index is 0.247. The van der Waals surface area contributed by atoms with Gasteiger partial charge in [0.15, 0.2) is 0 Å². The molecule has 0 aliphatic heterocycles. The van der Waals surface area contributed by atoms with Crippen molar-refractivity contribution in [3.05, 3.63) is 41.7 Å². The molecule has 0 atom stereocenters. The third-order valence-electron chi connectivity index (χ3n) is 2.85. The van der Waals surface area contributed by atoms with E-state index in [0.29, 0.717) is 0 Å². The molecule has 112 valence electrons. The lowest BCUT2D eigenvalue weighted by Gasteiger charge is -2.09. The van der Waals surface area contributed by atoms with Crippen molar-refractivity contribution in [2.24, 2.45) is 0 Å². The molecule has 1 N–H and O–H groups in total. The van der Waals surface area contributed by atoms with Gasteiger partial charge in [-0.2, -0.15) is 0 Å². The molecule has 0 bridgehead atoms. The van der Waals surface area contributed by atoms with Crippen molar-refractivity contribution in [2.75, 3.05) is 18.5 Å². The van der Waals surface area contributed by atoms with Crippen LogP contribution in [0.2, 0.25) is 5.28 Å². The molecule has 4 nitrogen and oxygen atoms in total. The zero-order chi connectivity index (χ0) is 15.1. The second-order valence-electron chi connectivity index (χ2n) is 4.97. The highest BCUT2D eigenvalue weighted by atomic mass is 35.5. The molecule has 0 unspecified atom stereocenters. The zero-order valence-corrected chi connectivity index (χ0v) is 13.1. The number of aromatic nitrogens is 2. The van der Waals surface area contributed by atoms with E-state index >= 15 is 0 Å². The van der Waals surface area contributed by atoms with E-state index in [1.54, 1.807) is 0 Å². The number of nitrogens with zero attached hydrogens (tertiary/aromatic N) is 2. The van der Waals surface area contributed by atoms with E-state index < -0.39 is 0 Å². The summed E-state index contributed by atoms with van der Waals surface area (Å²) in [5.74, 6) is 0.735. The van der Waals surface area contributed by atoms with Gasteiger partial charge in [0, 0.05) is 24.8 Å². The average Bonchev–Trinajstić information content (AvgIpc) is 2.47. The van der Waals surface area contributed by atoms with Crippen molar-refractivity contribution >= 4 is 17.4 Å². The molecule has 0 saturated heterocycles. The van der Waals surface area contributed by atoms with Crippen LogP contribution in [0.15, 0.2) is 36.4 Å². The summed E-state index contributed by atoms with van der Waals surface area (Å²) >= 11 is 5.99. The van der Waals surface area contributed by atoms with Gasteiger partial charge in [0.25, 0.3) is 0 Å². The lowest BCUT2D eigenvalue weighted by Crippen LogP contribution is -2.10. The number of benzene rings is 1. The smallest absolute Gasteiger partial charge is 0.224 e. The van der Waals surface area contributed by atoms with Gasteiger partial charge in [-0.3, -0.25) is 0 Å². The first kappa shape index (κ1) is 15.7. The molecule has 0 aliphatic rings. The van der Waals surface area contributed by atoms with Gasteiger partial charge in [0.2, 0.25) is 5.28 Å². The zero-order valence-electron chi connectivity index (χ0n) is 12.3. The van der Waals surface area contributed by atoms with Crippen molar-refractivity contribution in [3.8, 4) is 11.3 Å². The highest BCUT2D eigenvalue weighted by Crippen LogP contribution is 2.21. The highest BCUT2D eigenvalue weighted by Gasteiger charge is 2.05. The summed E-state index contributed by atoms with van der Waals surface area (Å²) in [5.41, 5.74) is 1.84. The molecule has 0 radical (unpaired) electrons. The summed E-state index contributed by atoms with van der Waals surface area (Å²) in [4.78, 5) is 8.46. The van der Waals surface area contributed by atoms with E-state index in [1.807, 2.05) is 50.2 Å². The van der Waals surface area contributed by atoms with E-state index in [4.69, 9.17) is 16.3 Å². The molecule has 2 rings (SSSR count). The average molecular weight is 306 g/mol. The molecule has 2 aromatic rings. The fourth-order valence-electron chi connectivity index (χ4n) is 1.87. The van der Waals surface area contributed by atoms with Gasteiger partial charge in [-0.15, -0.1) is 0 Å². The Morgan fingerprint density at radius 2 is 1.95 bits per heavy atom. The summed E-state index contributed by atoms with van der Waals surface area (Å²) in [5, 5.41) is 3.50. The standard InChI is InChI=1S/C16H20ClN3O/c1-12(2)21-10-6-9-18-15-11-14(19-16(17)20-15)13-7-4-3-5-8-13/h3-5,7-8,11-12H,6,9-10H2,1-2H3,(H,18,19,20). The summed E-state index contributed by atoms with van der Waals surface area (Å²) in [6.07, 6.45) is 1.18. The Morgan fingerprint density at radius 3 is 2.67 bits per heavy atom. The molecule has 0 spiro atoms. The number of hydrogen-bond acceptors (Lipinski definition) is 4. The molecule has 1 aromatic carbocycles. The van der Waals surface area contributed by atoms with Crippen molar-refractivity contribution in [3.63, 3.8) is 0 Å². The Bertz CT molecular complexity index is 561. The van der Waals surface area contributed by atoms with Gasteiger partial charge in [0.05, 0.1) is 11.8 Å². The van der Waals surface area contributed by atoms with E-state index in [0.717, 1.165) is 36.6 Å². The van der Waals surface area contributed by atoms with Crippen molar-refractivity contribution in [1.82, 2.24) is 9.97 Å². The lowest BCUT2D eigenvalue weighted by molar-refractivity contribution is 0.0787. The maximum atomic E-state index is 5.99. The van der Waals surface area contributed by atoms with Crippen molar-refractivity contribution in [2.45, 2.75) is 26.4 Å². The van der Waals surface area contributed by atoms with Crippen LogP contribution >= 0.6 is 11.6 Å². The molecule has 0 aliphatic carbocycles. The number of rotatable bonds is 7. The molecule has 1 heterocycles. The van der Waals surface area contributed by atoms with Gasteiger partial charge in [0.1, 0.15) is 5.82 Å². The molecule has 0 amide bonds. The van der Waals surface area contributed by atoms with Crippen molar-refractivity contribution in [1.29, 1.82) is 0 Å². The summed E-state index contributed by atoms with van der Waals surface area (Å²) in [7, 11) is 0.